The molecule has 1 N–H and O–H groups in total. The summed E-state index contributed by atoms with van der Waals surface area (Å²) >= 11 is 0. The Morgan fingerprint density at radius 3 is 2.61 bits per heavy atom. The summed E-state index contributed by atoms with van der Waals surface area (Å²) in [6.07, 6.45) is 1.48. The van der Waals surface area contributed by atoms with Gasteiger partial charge in [0, 0.05) is 17.8 Å². The van der Waals surface area contributed by atoms with Crippen LogP contribution in [0.3, 0.4) is 0 Å². The summed E-state index contributed by atoms with van der Waals surface area (Å²) < 4.78 is 18.2. The summed E-state index contributed by atoms with van der Waals surface area (Å²) in [5.74, 6) is 1.46. The van der Waals surface area contributed by atoms with E-state index in [-0.39, 0.29) is 12.5 Å². The van der Waals surface area contributed by atoms with Gasteiger partial charge >= 0.3 is 0 Å². The van der Waals surface area contributed by atoms with E-state index in [1.807, 2.05) is 19.9 Å². The number of benzene rings is 2. The summed E-state index contributed by atoms with van der Waals surface area (Å²) in [5, 5.41) is 13.8. The van der Waals surface area contributed by atoms with Crippen LogP contribution in [0.2, 0.25) is 0 Å². The van der Waals surface area contributed by atoms with Gasteiger partial charge in [0.2, 0.25) is 0 Å². The number of tetrazole rings is 1. The van der Waals surface area contributed by atoms with Crippen LogP contribution in [0, 0.1) is 0 Å². The van der Waals surface area contributed by atoms with E-state index in [2.05, 4.69) is 20.8 Å². The van der Waals surface area contributed by atoms with Crippen LogP contribution in [0.5, 0.6) is 17.2 Å². The van der Waals surface area contributed by atoms with Crippen molar-refractivity contribution in [1.29, 1.82) is 0 Å². The minimum Gasteiger partial charge on any atom is -0.490 e. The smallest absolute Gasteiger partial charge is 0.262 e. The number of carbonyl (C=O) groups is 1. The Hall–Kier alpha value is -3.62. The second kappa shape index (κ2) is 9.36. The highest BCUT2D eigenvalue weighted by Gasteiger charge is 2.09. The highest BCUT2D eigenvalue weighted by Crippen LogP contribution is 2.30. The van der Waals surface area contributed by atoms with Gasteiger partial charge < -0.3 is 19.5 Å². The van der Waals surface area contributed by atoms with E-state index >= 15 is 0 Å². The van der Waals surface area contributed by atoms with E-state index in [1.165, 1.54) is 11.0 Å². The fourth-order valence-corrected chi connectivity index (χ4v) is 2.47. The maximum absolute atomic E-state index is 12.2. The molecule has 0 radical (unpaired) electrons. The maximum Gasteiger partial charge on any atom is 0.262 e. The molecule has 146 valence electrons. The first-order valence-corrected chi connectivity index (χ1v) is 8.85. The number of anilines is 1. The molecule has 3 aromatic rings. The number of hydrogen-bond acceptors (Lipinski definition) is 7. The third-order valence-corrected chi connectivity index (χ3v) is 3.63. The topological polar surface area (TPSA) is 100 Å². The molecule has 0 saturated heterocycles. The lowest BCUT2D eigenvalue weighted by atomic mass is 10.2. The third-order valence-electron chi connectivity index (χ3n) is 3.63. The number of carbonyl (C=O) groups excluding carboxylic acids is 1. The summed E-state index contributed by atoms with van der Waals surface area (Å²) in [6, 6.07) is 12.4. The van der Waals surface area contributed by atoms with Crippen molar-refractivity contribution < 1.29 is 19.0 Å². The summed E-state index contributed by atoms with van der Waals surface area (Å²) in [5.41, 5.74) is 1.33. The van der Waals surface area contributed by atoms with Gasteiger partial charge in [-0.3, -0.25) is 4.79 Å². The highest BCUT2D eigenvalue weighted by molar-refractivity contribution is 5.92. The average molecular weight is 383 g/mol. The van der Waals surface area contributed by atoms with E-state index in [9.17, 15) is 4.79 Å². The average Bonchev–Trinajstić information content (AvgIpc) is 3.24. The Bertz CT molecular complexity index is 914. The van der Waals surface area contributed by atoms with Gasteiger partial charge in [0.15, 0.2) is 18.1 Å². The molecule has 0 aliphatic heterocycles. The molecule has 1 amide bonds. The van der Waals surface area contributed by atoms with Crippen LogP contribution in [-0.2, 0) is 4.79 Å². The Labute approximate surface area is 162 Å². The van der Waals surface area contributed by atoms with Gasteiger partial charge in [0.1, 0.15) is 12.1 Å². The minimum absolute atomic E-state index is 0.143. The zero-order valence-electron chi connectivity index (χ0n) is 15.7. The fourth-order valence-electron chi connectivity index (χ4n) is 2.47. The molecular formula is C19H21N5O4. The fraction of sp³-hybridized carbons (Fsp3) is 0.263. The lowest BCUT2D eigenvalue weighted by Gasteiger charge is -2.13. The third kappa shape index (κ3) is 4.97. The molecule has 0 fully saturated rings. The van der Waals surface area contributed by atoms with Crippen molar-refractivity contribution in [3.05, 3.63) is 48.8 Å². The second-order valence-electron chi connectivity index (χ2n) is 5.62. The molecule has 1 aromatic heterocycles. The molecule has 0 bridgehead atoms. The van der Waals surface area contributed by atoms with Crippen molar-refractivity contribution in [3.63, 3.8) is 0 Å². The molecule has 0 aliphatic rings. The molecule has 0 spiro atoms. The number of rotatable bonds is 9. The molecule has 3 rings (SSSR count). The van der Waals surface area contributed by atoms with E-state index in [4.69, 9.17) is 14.2 Å². The Morgan fingerprint density at radius 2 is 1.86 bits per heavy atom. The van der Waals surface area contributed by atoms with E-state index in [1.54, 1.807) is 36.4 Å². The highest BCUT2D eigenvalue weighted by atomic mass is 16.5. The van der Waals surface area contributed by atoms with Gasteiger partial charge in [-0.25, -0.2) is 4.68 Å². The first kappa shape index (κ1) is 19.2. The van der Waals surface area contributed by atoms with Crippen LogP contribution in [0.4, 0.5) is 5.69 Å². The van der Waals surface area contributed by atoms with Gasteiger partial charge in [0.25, 0.3) is 5.91 Å². The van der Waals surface area contributed by atoms with Crippen molar-refractivity contribution in [2.75, 3.05) is 25.1 Å². The summed E-state index contributed by atoms with van der Waals surface area (Å²) in [6.45, 7) is 4.67. The Balaban J connectivity index is 1.60. The molecule has 2 aromatic carbocycles. The lowest BCUT2D eigenvalue weighted by molar-refractivity contribution is -0.118. The predicted octanol–water partition coefficient (Wildman–Crippen LogP) is 2.48. The Morgan fingerprint density at radius 1 is 1.04 bits per heavy atom. The van der Waals surface area contributed by atoms with Crippen molar-refractivity contribution in [1.82, 2.24) is 20.2 Å². The number of hydrogen-bond donors (Lipinski definition) is 1. The number of nitrogens with one attached hydrogen (secondary N) is 1. The summed E-state index contributed by atoms with van der Waals surface area (Å²) in [4.78, 5) is 12.2. The first-order valence-electron chi connectivity index (χ1n) is 8.85. The number of ether oxygens (including phenoxy) is 3. The number of aromatic nitrogens is 4. The molecule has 28 heavy (non-hydrogen) atoms. The molecule has 9 heteroatoms. The van der Waals surface area contributed by atoms with Crippen LogP contribution in [-0.4, -0.2) is 45.9 Å². The van der Waals surface area contributed by atoms with Crippen LogP contribution in [0.25, 0.3) is 5.69 Å². The van der Waals surface area contributed by atoms with Crippen LogP contribution >= 0.6 is 0 Å². The standard InChI is InChI=1S/C19H21N5O4/c1-3-26-17-9-8-14(10-18(17)27-4-2)21-19(25)12-28-16-7-5-6-15(11-16)24-13-20-22-23-24/h5-11,13H,3-4,12H2,1-2H3,(H,21,25). The van der Waals surface area contributed by atoms with Crippen LogP contribution < -0.4 is 19.5 Å². The summed E-state index contributed by atoms with van der Waals surface area (Å²) in [7, 11) is 0. The van der Waals surface area contributed by atoms with Crippen LogP contribution in [0.1, 0.15) is 13.8 Å². The molecule has 0 unspecified atom stereocenters. The van der Waals surface area contributed by atoms with Crippen molar-refractivity contribution in [2.45, 2.75) is 13.8 Å². The maximum atomic E-state index is 12.2. The normalized spacial score (nSPS) is 10.4. The minimum atomic E-state index is -0.292. The van der Waals surface area contributed by atoms with E-state index in [0.29, 0.717) is 36.1 Å². The Kier molecular flexibility index (Phi) is 6.40. The molecule has 0 saturated carbocycles. The monoisotopic (exact) mass is 383 g/mol. The van der Waals surface area contributed by atoms with Crippen molar-refractivity contribution >= 4 is 11.6 Å². The molecule has 0 aliphatic carbocycles. The SMILES string of the molecule is CCOc1ccc(NC(=O)COc2cccc(-n3cnnn3)c2)cc1OCC. The van der Waals surface area contributed by atoms with Crippen LogP contribution in [0.15, 0.2) is 48.8 Å². The predicted molar refractivity (Wildman–Crippen MR) is 102 cm³/mol. The van der Waals surface area contributed by atoms with Gasteiger partial charge in [-0.1, -0.05) is 6.07 Å². The van der Waals surface area contributed by atoms with E-state index < -0.39 is 0 Å². The molecule has 1 heterocycles. The molecular weight excluding hydrogens is 362 g/mol. The quantitative estimate of drug-likeness (QED) is 0.606. The van der Waals surface area contributed by atoms with E-state index in [0.717, 1.165) is 5.69 Å². The second-order valence-corrected chi connectivity index (χ2v) is 5.62. The van der Waals surface area contributed by atoms with Gasteiger partial charge in [-0.05, 0) is 48.5 Å². The largest absolute Gasteiger partial charge is 0.490 e. The number of nitrogens with zero attached hydrogens (tertiary/aromatic N) is 4. The first-order chi connectivity index (χ1) is 13.7. The molecule has 9 nitrogen and oxygen atoms in total. The van der Waals surface area contributed by atoms with Crippen molar-refractivity contribution in [3.8, 4) is 22.9 Å². The number of amides is 1. The van der Waals surface area contributed by atoms with Gasteiger partial charge in [0.05, 0.1) is 18.9 Å². The zero-order chi connectivity index (χ0) is 19.8. The van der Waals surface area contributed by atoms with Crippen molar-refractivity contribution in [2.24, 2.45) is 0 Å². The molecule has 0 atom stereocenters. The zero-order valence-corrected chi connectivity index (χ0v) is 15.7. The van der Waals surface area contributed by atoms with Gasteiger partial charge in [-0.15, -0.1) is 5.10 Å². The van der Waals surface area contributed by atoms with Gasteiger partial charge in [-0.2, -0.15) is 0 Å². The lowest BCUT2D eigenvalue weighted by Crippen LogP contribution is -2.20.